The monoisotopic (exact) mass is 573 g/mol. The number of imide groups is 1. The number of carbonyl (C=O) groups excluding carboxylic acids is 5. The maximum atomic E-state index is 13.3. The summed E-state index contributed by atoms with van der Waals surface area (Å²) in [7, 11) is 0.369. The van der Waals surface area contributed by atoms with Crippen molar-refractivity contribution in [2.75, 3.05) is 29.6 Å². The quantitative estimate of drug-likeness (QED) is 0.161. The van der Waals surface area contributed by atoms with Gasteiger partial charge >= 0.3 is 12.0 Å². The molecule has 0 aromatic carbocycles. The molecule has 206 valence electrons. The van der Waals surface area contributed by atoms with E-state index in [1.807, 2.05) is 27.7 Å². The number of amides is 4. The van der Waals surface area contributed by atoms with Crippen LogP contribution < -0.4 is 5.32 Å². The Labute approximate surface area is 226 Å². The maximum absolute atomic E-state index is 13.3. The third kappa shape index (κ3) is 11.5. The predicted molar refractivity (Wildman–Crippen MR) is 145 cm³/mol. The van der Waals surface area contributed by atoms with Gasteiger partial charge < -0.3 is 10.2 Å². The highest BCUT2D eigenvalue weighted by molar-refractivity contribution is 8.76. The average molecular weight is 574 g/mol. The van der Waals surface area contributed by atoms with Gasteiger partial charge in [0.1, 0.15) is 5.78 Å². The summed E-state index contributed by atoms with van der Waals surface area (Å²) in [6, 6.07) is -0.577. The van der Waals surface area contributed by atoms with Crippen molar-refractivity contribution in [2.24, 2.45) is 15.2 Å². The Hall–Kier alpha value is -2.04. The Morgan fingerprint density at radius 3 is 2.14 bits per heavy atom. The van der Waals surface area contributed by atoms with Crippen molar-refractivity contribution in [1.82, 2.24) is 10.4 Å². The van der Waals surface area contributed by atoms with Crippen LogP contribution in [0, 0.1) is 22.7 Å². The molecule has 0 spiro atoms. The van der Waals surface area contributed by atoms with E-state index < -0.39 is 44.4 Å². The second-order valence-electron chi connectivity index (χ2n) is 10.2. The lowest BCUT2D eigenvalue weighted by Gasteiger charge is -2.21. The third-order valence-corrected chi connectivity index (χ3v) is 10.5. The van der Waals surface area contributed by atoms with Gasteiger partial charge in [0.25, 0.3) is 11.8 Å². The number of hydrogen-bond acceptors (Lipinski definition) is 9. The van der Waals surface area contributed by atoms with E-state index in [9.17, 15) is 28.2 Å². The van der Waals surface area contributed by atoms with Gasteiger partial charge in [0, 0.05) is 66.1 Å². The number of rotatable bonds is 12. The van der Waals surface area contributed by atoms with Crippen LogP contribution in [-0.2, 0) is 33.7 Å². The molecule has 2 rings (SSSR count). The molecular formula is C24H35N3O7S3. The van der Waals surface area contributed by atoms with Gasteiger partial charge in [0.2, 0.25) is 0 Å². The minimum Gasteiger partial charge on any atom is -0.335 e. The van der Waals surface area contributed by atoms with Gasteiger partial charge in [0.05, 0.1) is 16.1 Å². The summed E-state index contributed by atoms with van der Waals surface area (Å²) in [6.07, 6.45) is 0.797. The Bertz CT molecular complexity index is 1050. The van der Waals surface area contributed by atoms with Crippen LogP contribution in [0.25, 0.3) is 0 Å². The summed E-state index contributed by atoms with van der Waals surface area (Å²) >= 11 is 0. The van der Waals surface area contributed by atoms with E-state index in [4.69, 9.17) is 4.84 Å². The first-order valence-electron chi connectivity index (χ1n) is 12.1. The molecule has 10 nitrogen and oxygen atoms in total. The van der Waals surface area contributed by atoms with Crippen molar-refractivity contribution in [1.29, 1.82) is 0 Å². The maximum Gasteiger partial charge on any atom is 0.349 e. The number of ketones is 1. The number of nitrogens with zero attached hydrogens (tertiary/aromatic N) is 2. The summed E-state index contributed by atoms with van der Waals surface area (Å²) in [5, 5.41) is 3.17. The minimum absolute atomic E-state index is 0.00786. The van der Waals surface area contributed by atoms with Gasteiger partial charge in [-0.15, -0.1) is 9.43 Å². The van der Waals surface area contributed by atoms with Crippen molar-refractivity contribution in [3.05, 3.63) is 0 Å². The second-order valence-corrected chi connectivity index (χ2v) is 15.2. The summed E-state index contributed by atoms with van der Waals surface area (Å²) < 4.78 is 17.3. The molecule has 1 saturated heterocycles. The SMILES string of the molecule is CC1(C)C#CC(C)(C)CS(=O)(=NC(=O)NCCSSCCCC(=O)CCC(=O)ON2C(=O)CCC2=O)C1. The van der Waals surface area contributed by atoms with Crippen molar-refractivity contribution < 1.29 is 33.0 Å². The van der Waals surface area contributed by atoms with E-state index in [1.54, 1.807) is 21.6 Å². The number of Topliss-reactive ketones (excluding diaryl/α,β-unsaturated/α-hetero) is 1. The number of urea groups is 1. The van der Waals surface area contributed by atoms with E-state index >= 15 is 0 Å². The highest BCUT2D eigenvalue weighted by Gasteiger charge is 2.34. The van der Waals surface area contributed by atoms with Crippen LogP contribution in [0.5, 0.6) is 0 Å². The molecular weight excluding hydrogens is 538 g/mol. The molecule has 0 aromatic rings. The molecule has 0 atom stereocenters. The van der Waals surface area contributed by atoms with Gasteiger partial charge in [0.15, 0.2) is 0 Å². The summed E-state index contributed by atoms with van der Waals surface area (Å²) in [4.78, 5) is 63.5. The Morgan fingerprint density at radius 1 is 0.973 bits per heavy atom. The normalized spacial score (nSPS) is 19.4. The number of nitrogens with one attached hydrogen (secondary N) is 1. The van der Waals surface area contributed by atoms with Crippen LogP contribution in [0.15, 0.2) is 4.36 Å². The molecule has 0 aliphatic carbocycles. The lowest BCUT2D eigenvalue weighted by atomic mass is 9.92. The van der Waals surface area contributed by atoms with Crippen molar-refractivity contribution in [2.45, 2.75) is 66.2 Å². The van der Waals surface area contributed by atoms with Crippen LogP contribution in [0.2, 0.25) is 0 Å². The summed E-state index contributed by atoms with van der Waals surface area (Å²) in [5.41, 5.74) is -0.944. The van der Waals surface area contributed by atoms with E-state index in [2.05, 4.69) is 21.5 Å². The molecule has 1 N–H and O–H groups in total. The number of carbonyl (C=O) groups is 5. The van der Waals surface area contributed by atoms with E-state index in [1.165, 1.54) is 0 Å². The highest BCUT2D eigenvalue weighted by Crippen LogP contribution is 2.29. The molecule has 37 heavy (non-hydrogen) atoms. The fourth-order valence-corrected chi connectivity index (χ4v) is 8.65. The largest absolute Gasteiger partial charge is 0.349 e. The zero-order chi connectivity index (χ0) is 27.7. The number of hydrogen-bond donors (Lipinski definition) is 1. The van der Waals surface area contributed by atoms with Gasteiger partial charge in [-0.1, -0.05) is 33.4 Å². The molecule has 2 heterocycles. The molecule has 4 amide bonds. The van der Waals surface area contributed by atoms with Crippen molar-refractivity contribution in [3.8, 4) is 11.8 Å². The highest BCUT2D eigenvalue weighted by atomic mass is 33.1. The lowest BCUT2D eigenvalue weighted by molar-refractivity contribution is -0.197. The van der Waals surface area contributed by atoms with E-state index in [0.29, 0.717) is 36.0 Å². The first-order chi connectivity index (χ1) is 17.2. The van der Waals surface area contributed by atoms with Gasteiger partial charge in [-0.3, -0.25) is 14.4 Å². The molecule has 2 aliphatic rings. The standard InChI is InChI=1S/C24H35N3O7S3/c1-23(2)11-12-24(3,4)17-37(33,16-23)26-22(32)25-13-15-36-35-14-5-6-18(28)7-10-21(31)34-27-19(29)8-9-20(27)30/h5-10,13-17H2,1-4H3,(H,25,32). The lowest BCUT2D eigenvalue weighted by Crippen LogP contribution is -2.32. The summed E-state index contributed by atoms with van der Waals surface area (Å²) in [6.45, 7) is 8.01. The second kappa shape index (κ2) is 13.7. The van der Waals surface area contributed by atoms with E-state index in [0.717, 1.165) is 0 Å². The molecule has 0 saturated carbocycles. The zero-order valence-corrected chi connectivity index (χ0v) is 24.2. The van der Waals surface area contributed by atoms with Crippen molar-refractivity contribution in [3.63, 3.8) is 0 Å². The predicted octanol–water partition coefficient (Wildman–Crippen LogP) is 3.35. The molecule has 0 aromatic heterocycles. The van der Waals surface area contributed by atoms with Crippen LogP contribution in [0.4, 0.5) is 4.79 Å². The van der Waals surface area contributed by atoms with Crippen LogP contribution in [0.1, 0.15) is 66.2 Å². The topological polar surface area (TPSA) is 139 Å². The zero-order valence-electron chi connectivity index (χ0n) is 21.8. The molecule has 2 aliphatic heterocycles. The van der Waals surface area contributed by atoms with Gasteiger partial charge in [-0.25, -0.2) is 13.8 Å². The fraction of sp³-hybridized carbons (Fsp3) is 0.708. The molecule has 0 radical (unpaired) electrons. The average Bonchev–Trinajstić information content (AvgIpc) is 3.04. The Kier molecular flexibility index (Phi) is 11.5. The third-order valence-electron chi connectivity index (χ3n) is 5.20. The molecule has 13 heteroatoms. The van der Waals surface area contributed by atoms with Crippen molar-refractivity contribution >= 4 is 60.9 Å². The van der Waals surface area contributed by atoms with E-state index in [-0.39, 0.29) is 43.0 Å². The molecule has 0 unspecified atom stereocenters. The van der Waals surface area contributed by atoms with Gasteiger partial charge in [-0.05, 0) is 34.1 Å². The van der Waals surface area contributed by atoms with Crippen LogP contribution in [-0.4, -0.2) is 68.4 Å². The van der Waals surface area contributed by atoms with Crippen LogP contribution >= 0.6 is 21.6 Å². The number of hydroxylamine groups is 2. The first-order valence-corrected chi connectivity index (χ1v) is 16.4. The summed E-state index contributed by atoms with van der Waals surface area (Å²) in [5.74, 6) is 6.20. The molecule has 0 bridgehead atoms. The Morgan fingerprint density at radius 2 is 1.54 bits per heavy atom. The van der Waals surface area contributed by atoms with Crippen LogP contribution in [0.3, 0.4) is 0 Å². The smallest absolute Gasteiger partial charge is 0.335 e. The minimum atomic E-state index is -2.74. The Balaban J connectivity index is 1.56. The fourth-order valence-electron chi connectivity index (χ4n) is 3.65. The van der Waals surface area contributed by atoms with Gasteiger partial charge in [-0.2, -0.15) is 0 Å². The molecule has 1 fully saturated rings. The first kappa shape index (κ1) is 31.2.